The van der Waals surface area contributed by atoms with Crippen LogP contribution >= 0.6 is 0 Å². The Morgan fingerprint density at radius 1 is 1.20 bits per heavy atom. The fourth-order valence-corrected chi connectivity index (χ4v) is 1.57. The topological polar surface area (TPSA) is 63.3 Å². The lowest BCUT2D eigenvalue weighted by molar-refractivity contribution is -0.114. The molecule has 3 N–H and O–H groups in total. The highest BCUT2D eigenvalue weighted by Gasteiger charge is 2.06. The number of hydrogen-bond donors (Lipinski definition) is 2. The molecule has 0 radical (unpaired) electrons. The van der Waals surface area contributed by atoms with E-state index in [4.69, 9.17) is 10.8 Å². The summed E-state index contributed by atoms with van der Waals surface area (Å²) < 4.78 is 0. The minimum absolute atomic E-state index is 0.0910. The minimum Gasteiger partial charge on any atom is -0.396 e. The number of carbonyl (C=O) groups is 1. The monoisotopic (exact) mass is 213 g/mol. The van der Waals surface area contributed by atoms with Crippen LogP contribution in [0, 0.1) is 0 Å². The van der Waals surface area contributed by atoms with Crippen molar-refractivity contribution in [3.8, 4) is 0 Å². The van der Waals surface area contributed by atoms with Crippen molar-refractivity contribution < 1.29 is 9.90 Å². The van der Waals surface area contributed by atoms with Gasteiger partial charge in [0.05, 0.1) is 0 Å². The summed E-state index contributed by atoms with van der Waals surface area (Å²) in [5, 5.41) is 8.88. The third kappa shape index (κ3) is 6.28. The van der Waals surface area contributed by atoms with Gasteiger partial charge < -0.3 is 10.8 Å². The first-order valence-corrected chi connectivity index (χ1v) is 5.72. The van der Waals surface area contributed by atoms with Gasteiger partial charge in [0.2, 0.25) is 5.91 Å². The first kappa shape index (κ1) is 14.2. The third-order valence-electron chi connectivity index (χ3n) is 2.65. The molecule has 0 saturated heterocycles. The highest BCUT2D eigenvalue weighted by molar-refractivity contribution is 5.92. The number of aliphatic hydroxyl groups excluding tert-OH is 1. The number of rotatable bonds is 8. The average Bonchev–Trinajstić information content (AvgIpc) is 2.21. The maximum Gasteiger partial charge on any atom is 0.244 e. The van der Waals surface area contributed by atoms with E-state index in [1.54, 1.807) is 6.92 Å². The summed E-state index contributed by atoms with van der Waals surface area (Å²) in [4.78, 5) is 11.0. The molecule has 0 aliphatic carbocycles. The number of amides is 1. The van der Waals surface area contributed by atoms with Crippen LogP contribution < -0.4 is 5.73 Å². The van der Waals surface area contributed by atoms with Crippen LogP contribution in [-0.4, -0.2) is 17.6 Å². The Morgan fingerprint density at radius 3 is 2.33 bits per heavy atom. The Bertz CT molecular complexity index is 222. The molecule has 0 heterocycles. The van der Waals surface area contributed by atoms with Crippen molar-refractivity contribution in [2.24, 2.45) is 5.73 Å². The second-order valence-electron chi connectivity index (χ2n) is 3.88. The average molecular weight is 213 g/mol. The zero-order valence-corrected chi connectivity index (χ0v) is 9.88. The predicted molar refractivity (Wildman–Crippen MR) is 62.4 cm³/mol. The summed E-state index contributed by atoms with van der Waals surface area (Å²) >= 11 is 0. The van der Waals surface area contributed by atoms with Crippen molar-refractivity contribution in [2.45, 2.75) is 52.4 Å². The van der Waals surface area contributed by atoms with Crippen LogP contribution in [0.5, 0.6) is 0 Å². The molecule has 0 saturated carbocycles. The van der Waals surface area contributed by atoms with Crippen molar-refractivity contribution in [1.82, 2.24) is 0 Å². The van der Waals surface area contributed by atoms with Crippen LogP contribution in [0.25, 0.3) is 0 Å². The van der Waals surface area contributed by atoms with Gasteiger partial charge in [-0.05, 0) is 26.2 Å². The molecule has 0 rings (SSSR count). The third-order valence-corrected chi connectivity index (χ3v) is 2.65. The van der Waals surface area contributed by atoms with Crippen LogP contribution in [0.15, 0.2) is 11.1 Å². The van der Waals surface area contributed by atoms with Gasteiger partial charge in [0.15, 0.2) is 0 Å². The van der Waals surface area contributed by atoms with Gasteiger partial charge >= 0.3 is 0 Å². The van der Waals surface area contributed by atoms with Gasteiger partial charge in [0, 0.05) is 12.2 Å². The number of unbranched alkanes of at least 4 members (excludes halogenated alkanes) is 3. The fraction of sp³-hybridized carbons (Fsp3) is 0.750. The second kappa shape index (κ2) is 8.48. The molecular formula is C12H23NO2. The predicted octanol–water partition coefficient (Wildman–Crippen LogP) is 2.14. The number of primary amides is 1. The highest BCUT2D eigenvalue weighted by atomic mass is 16.3. The molecule has 1 amide bonds. The number of hydrogen-bond acceptors (Lipinski definition) is 2. The largest absolute Gasteiger partial charge is 0.396 e. The fourth-order valence-electron chi connectivity index (χ4n) is 1.57. The second-order valence-corrected chi connectivity index (χ2v) is 3.88. The molecule has 0 fully saturated rings. The van der Waals surface area contributed by atoms with Gasteiger partial charge in [-0.3, -0.25) is 4.79 Å². The molecule has 0 unspecified atom stereocenters. The normalized spacial score (nSPS) is 12.5. The summed E-state index contributed by atoms with van der Waals surface area (Å²) in [6.45, 7) is 4.00. The lowest BCUT2D eigenvalue weighted by atomic mass is 9.99. The zero-order valence-electron chi connectivity index (χ0n) is 9.88. The number of nitrogens with two attached hydrogens (primary N) is 1. The quantitative estimate of drug-likeness (QED) is 0.479. The smallest absolute Gasteiger partial charge is 0.244 e. The Labute approximate surface area is 92.4 Å². The molecule has 0 aliphatic heterocycles. The first-order valence-electron chi connectivity index (χ1n) is 5.72. The van der Waals surface area contributed by atoms with Crippen LogP contribution in [0.4, 0.5) is 0 Å². The molecule has 0 aromatic carbocycles. The van der Waals surface area contributed by atoms with E-state index >= 15 is 0 Å². The molecule has 0 atom stereocenters. The van der Waals surface area contributed by atoms with Gasteiger partial charge in [-0.15, -0.1) is 0 Å². The Kier molecular flexibility index (Phi) is 8.01. The van der Waals surface area contributed by atoms with E-state index in [1.165, 1.54) is 19.3 Å². The summed E-state index contributed by atoms with van der Waals surface area (Å²) in [5.41, 5.74) is 6.86. The first-order chi connectivity index (χ1) is 7.13. The molecule has 0 aliphatic rings. The standard InChI is InChI=1S/C12H23NO2/c1-3-4-5-6-7-11(8-9-14)10(2)12(13)15/h14H,3-9H2,1-2H3,(H2,13,15)/b11-10+. The van der Waals surface area contributed by atoms with Gasteiger partial charge in [-0.1, -0.05) is 31.8 Å². The van der Waals surface area contributed by atoms with Crippen molar-refractivity contribution in [2.75, 3.05) is 6.61 Å². The van der Waals surface area contributed by atoms with E-state index in [2.05, 4.69) is 6.92 Å². The lowest BCUT2D eigenvalue weighted by Gasteiger charge is -2.08. The summed E-state index contributed by atoms with van der Waals surface area (Å²) in [5.74, 6) is -0.367. The lowest BCUT2D eigenvalue weighted by Crippen LogP contribution is -2.14. The molecule has 0 bridgehead atoms. The maximum atomic E-state index is 11.0. The molecule has 0 aromatic rings. The molecule has 3 heteroatoms. The van der Waals surface area contributed by atoms with E-state index in [0.29, 0.717) is 12.0 Å². The molecule has 0 spiro atoms. The van der Waals surface area contributed by atoms with E-state index in [-0.39, 0.29) is 12.5 Å². The van der Waals surface area contributed by atoms with Crippen LogP contribution in [0.3, 0.4) is 0 Å². The summed E-state index contributed by atoms with van der Waals surface area (Å²) in [7, 11) is 0. The van der Waals surface area contributed by atoms with Crippen molar-refractivity contribution in [3.05, 3.63) is 11.1 Å². The molecule has 3 nitrogen and oxygen atoms in total. The summed E-state index contributed by atoms with van der Waals surface area (Å²) in [6.07, 6.45) is 6.14. The molecular weight excluding hydrogens is 190 g/mol. The van der Waals surface area contributed by atoms with E-state index < -0.39 is 0 Å². The number of carbonyl (C=O) groups excluding carboxylic acids is 1. The van der Waals surface area contributed by atoms with Crippen LogP contribution in [0.2, 0.25) is 0 Å². The highest BCUT2D eigenvalue weighted by Crippen LogP contribution is 2.17. The molecule has 15 heavy (non-hydrogen) atoms. The zero-order chi connectivity index (χ0) is 11.7. The summed E-state index contributed by atoms with van der Waals surface area (Å²) in [6, 6.07) is 0. The van der Waals surface area contributed by atoms with E-state index in [1.807, 2.05) is 0 Å². The van der Waals surface area contributed by atoms with Crippen molar-refractivity contribution >= 4 is 5.91 Å². The SMILES string of the molecule is CCCCCC/C(CCO)=C(/C)C(N)=O. The van der Waals surface area contributed by atoms with Gasteiger partial charge in [-0.2, -0.15) is 0 Å². The Hall–Kier alpha value is -0.830. The molecule has 88 valence electrons. The van der Waals surface area contributed by atoms with E-state index in [0.717, 1.165) is 18.4 Å². The Morgan fingerprint density at radius 2 is 1.87 bits per heavy atom. The van der Waals surface area contributed by atoms with E-state index in [9.17, 15) is 4.79 Å². The van der Waals surface area contributed by atoms with Gasteiger partial charge in [0.25, 0.3) is 0 Å². The van der Waals surface area contributed by atoms with Crippen molar-refractivity contribution in [3.63, 3.8) is 0 Å². The van der Waals surface area contributed by atoms with Gasteiger partial charge in [0.1, 0.15) is 0 Å². The molecule has 0 aromatic heterocycles. The maximum absolute atomic E-state index is 11.0. The van der Waals surface area contributed by atoms with Crippen molar-refractivity contribution in [1.29, 1.82) is 0 Å². The van der Waals surface area contributed by atoms with Crippen LogP contribution in [-0.2, 0) is 4.79 Å². The van der Waals surface area contributed by atoms with Crippen LogP contribution in [0.1, 0.15) is 52.4 Å². The Balaban J connectivity index is 4.15. The minimum atomic E-state index is -0.367. The van der Waals surface area contributed by atoms with Gasteiger partial charge in [-0.25, -0.2) is 0 Å². The number of aliphatic hydroxyl groups is 1.